The maximum Gasteiger partial charge on any atom is 0.249 e. The summed E-state index contributed by atoms with van der Waals surface area (Å²) in [6, 6.07) is 6.77. The zero-order valence-electron chi connectivity index (χ0n) is 11.8. The quantitative estimate of drug-likeness (QED) is 0.880. The summed E-state index contributed by atoms with van der Waals surface area (Å²) in [5, 5.41) is 6.06. The van der Waals surface area contributed by atoms with E-state index < -0.39 is 6.04 Å². The largest absolute Gasteiger partial charge is 0.343 e. The molecule has 0 aromatic heterocycles. The molecule has 0 radical (unpaired) electrons. The Labute approximate surface area is 135 Å². The summed E-state index contributed by atoms with van der Waals surface area (Å²) in [5.41, 5.74) is 0.701. The highest BCUT2D eigenvalue weighted by Gasteiger charge is 2.31. The minimum atomic E-state index is -0.471. The van der Waals surface area contributed by atoms with Gasteiger partial charge in [0, 0.05) is 6.54 Å². The minimum Gasteiger partial charge on any atom is -0.343 e. The molecule has 1 fully saturated rings. The Morgan fingerprint density at radius 1 is 1.43 bits per heavy atom. The third-order valence-electron chi connectivity index (χ3n) is 3.25. The molecule has 0 saturated carbocycles. The Morgan fingerprint density at radius 2 is 2.14 bits per heavy atom. The first-order chi connectivity index (χ1) is 9.63. The van der Waals surface area contributed by atoms with Gasteiger partial charge in [0.2, 0.25) is 11.8 Å². The summed E-state index contributed by atoms with van der Waals surface area (Å²) in [5.74, 6) is -0.277. The van der Waals surface area contributed by atoms with Crippen molar-refractivity contribution >= 4 is 41.5 Å². The molecular formula is C14H19Cl2N3O2. The van der Waals surface area contributed by atoms with E-state index in [9.17, 15) is 9.59 Å². The van der Waals surface area contributed by atoms with Crippen LogP contribution in [0.2, 0.25) is 5.02 Å². The fraction of sp³-hybridized carbons (Fsp3) is 0.429. The van der Waals surface area contributed by atoms with Gasteiger partial charge in [-0.2, -0.15) is 0 Å². The van der Waals surface area contributed by atoms with Gasteiger partial charge in [-0.05, 0) is 32.0 Å². The minimum absolute atomic E-state index is 0. The van der Waals surface area contributed by atoms with Crippen molar-refractivity contribution in [3.8, 4) is 0 Å². The molecule has 1 aliphatic heterocycles. The van der Waals surface area contributed by atoms with E-state index in [0.29, 0.717) is 23.7 Å². The summed E-state index contributed by atoms with van der Waals surface area (Å²) < 4.78 is 0. The molecule has 0 spiro atoms. The number of benzene rings is 1. The maximum absolute atomic E-state index is 12.5. The van der Waals surface area contributed by atoms with Gasteiger partial charge in [0.15, 0.2) is 0 Å². The Morgan fingerprint density at radius 3 is 2.81 bits per heavy atom. The van der Waals surface area contributed by atoms with E-state index >= 15 is 0 Å². The molecular weight excluding hydrogens is 313 g/mol. The molecule has 2 amide bonds. The van der Waals surface area contributed by atoms with Crippen molar-refractivity contribution in [2.45, 2.75) is 18.9 Å². The van der Waals surface area contributed by atoms with Crippen molar-refractivity contribution < 1.29 is 9.59 Å². The number of para-hydroxylation sites is 1. The van der Waals surface area contributed by atoms with E-state index in [-0.39, 0.29) is 30.8 Å². The van der Waals surface area contributed by atoms with Crippen LogP contribution < -0.4 is 15.5 Å². The number of halogens is 2. The zero-order chi connectivity index (χ0) is 14.5. The van der Waals surface area contributed by atoms with E-state index in [1.165, 1.54) is 0 Å². The first kappa shape index (κ1) is 17.8. The van der Waals surface area contributed by atoms with Crippen LogP contribution in [0, 0.1) is 0 Å². The number of nitrogens with one attached hydrogen (secondary N) is 2. The molecule has 21 heavy (non-hydrogen) atoms. The number of carbonyl (C=O) groups excluding carboxylic acids is 2. The number of piperidine rings is 1. The van der Waals surface area contributed by atoms with Crippen LogP contribution in [0.4, 0.5) is 5.69 Å². The molecule has 1 aliphatic rings. The van der Waals surface area contributed by atoms with Crippen LogP contribution in [-0.4, -0.2) is 38.0 Å². The summed E-state index contributed by atoms with van der Waals surface area (Å²) in [6.07, 6.45) is 1.50. The molecule has 116 valence electrons. The van der Waals surface area contributed by atoms with Crippen molar-refractivity contribution in [2.24, 2.45) is 0 Å². The van der Waals surface area contributed by atoms with Crippen LogP contribution in [0.3, 0.4) is 0 Å². The Kier molecular flexibility index (Phi) is 6.95. The van der Waals surface area contributed by atoms with E-state index in [2.05, 4.69) is 10.6 Å². The van der Waals surface area contributed by atoms with E-state index in [1.807, 2.05) is 18.2 Å². The molecule has 1 saturated heterocycles. The lowest BCUT2D eigenvalue weighted by Crippen LogP contribution is -2.53. The maximum atomic E-state index is 12.5. The number of amides is 2. The van der Waals surface area contributed by atoms with Crippen molar-refractivity contribution in [3.05, 3.63) is 29.3 Å². The van der Waals surface area contributed by atoms with Gasteiger partial charge < -0.3 is 15.5 Å². The molecule has 7 heteroatoms. The fourth-order valence-electron chi connectivity index (χ4n) is 2.32. The number of likely N-dealkylation sites (N-methyl/N-ethyl adjacent to an activating group) is 1. The first-order valence-electron chi connectivity index (χ1n) is 6.63. The van der Waals surface area contributed by atoms with Crippen molar-refractivity contribution in [1.29, 1.82) is 0 Å². The summed E-state index contributed by atoms with van der Waals surface area (Å²) in [6.45, 7) is 0.830. The molecule has 1 heterocycles. The SMILES string of the molecule is CNCC(=O)NC1CCCN(c2ccccc2Cl)C1=O.Cl. The number of carbonyl (C=O) groups is 2. The van der Waals surface area contributed by atoms with Crippen LogP contribution >= 0.6 is 24.0 Å². The summed E-state index contributed by atoms with van der Waals surface area (Å²) in [4.78, 5) is 25.7. The van der Waals surface area contributed by atoms with Gasteiger partial charge >= 0.3 is 0 Å². The average Bonchev–Trinajstić information content (AvgIpc) is 2.42. The highest BCUT2D eigenvalue weighted by atomic mass is 35.5. The predicted octanol–water partition coefficient (Wildman–Crippen LogP) is 1.59. The molecule has 1 aromatic rings. The van der Waals surface area contributed by atoms with E-state index in [1.54, 1.807) is 18.0 Å². The highest BCUT2D eigenvalue weighted by molar-refractivity contribution is 6.33. The third-order valence-corrected chi connectivity index (χ3v) is 3.57. The Bertz CT molecular complexity index is 511. The Hall–Kier alpha value is -1.30. The van der Waals surface area contributed by atoms with Crippen molar-refractivity contribution in [2.75, 3.05) is 25.0 Å². The number of hydrogen-bond donors (Lipinski definition) is 2. The fourth-order valence-corrected chi connectivity index (χ4v) is 2.56. The first-order valence-corrected chi connectivity index (χ1v) is 7.01. The van der Waals surface area contributed by atoms with Crippen molar-refractivity contribution in [3.63, 3.8) is 0 Å². The van der Waals surface area contributed by atoms with E-state index in [4.69, 9.17) is 11.6 Å². The molecule has 1 atom stereocenters. The molecule has 0 bridgehead atoms. The summed E-state index contributed by atoms with van der Waals surface area (Å²) in [7, 11) is 1.69. The number of hydrogen-bond acceptors (Lipinski definition) is 3. The molecule has 2 N–H and O–H groups in total. The monoisotopic (exact) mass is 331 g/mol. The standard InChI is InChI=1S/C14H18ClN3O2.ClH/c1-16-9-13(19)17-11-6-4-8-18(14(11)20)12-7-3-2-5-10(12)15;/h2-3,5,7,11,16H,4,6,8-9H2,1H3,(H,17,19);1H. The molecule has 1 unspecified atom stereocenters. The number of anilines is 1. The van der Waals surface area contributed by atoms with Gasteiger partial charge in [-0.15, -0.1) is 12.4 Å². The van der Waals surface area contributed by atoms with Gasteiger partial charge in [0.05, 0.1) is 17.3 Å². The second kappa shape index (κ2) is 8.22. The number of rotatable bonds is 4. The molecule has 0 aliphatic carbocycles. The third kappa shape index (κ3) is 4.33. The van der Waals surface area contributed by atoms with Crippen LogP contribution in [0.5, 0.6) is 0 Å². The lowest BCUT2D eigenvalue weighted by atomic mass is 10.0. The average molecular weight is 332 g/mol. The van der Waals surface area contributed by atoms with Crippen LogP contribution in [0.15, 0.2) is 24.3 Å². The van der Waals surface area contributed by atoms with Crippen LogP contribution in [0.1, 0.15) is 12.8 Å². The second-order valence-electron chi connectivity index (χ2n) is 4.73. The normalized spacial score (nSPS) is 18.1. The van der Waals surface area contributed by atoms with Crippen molar-refractivity contribution in [1.82, 2.24) is 10.6 Å². The predicted molar refractivity (Wildman–Crippen MR) is 86.1 cm³/mol. The van der Waals surface area contributed by atoms with Gasteiger partial charge in [-0.1, -0.05) is 23.7 Å². The highest BCUT2D eigenvalue weighted by Crippen LogP contribution is 2.28. The van der Waals surface area contributed by atoms with Crippen LogP contribution in [-0.2, 0) is 9.59 Å². The zero-order valence-corrected chi connectivity index (χ0v) is 13.3. The topological polar surface area (TPSA) is 61.4 Å². The van der Waals surface area contributed by atoms with E-state index in [0.717, 1.165) is 6.42 Å². The second-order valence-corrected chi connectivity index (χ2v) is 5.14. The smallest absolute Gasteiger partial charge is 0.249 e. The van der Waals surface area contributed by atoms with Gasteiger partial charge in [0.25, 0.3) is 0 Å². The van der Waals surface area contributed by atoms with Gasteiger partial charge in [-0.25, -0.2) is 0 Å². The Balaban J connectivity index is 0.00000220. The molecule has 2 rings (SSSR count). The summed E-state index contributed by atoms with van der Waals surface area (Å²) >= 11 is 6.13. The van der Waals surface area contributed by atoms with Gasteiger partial charge in [0.1, 0.15) is 6.04 Å². The van der Waals surface area contributed by atoms with Crippen LogP contribution in [0.25, 0.3) is 0 Å². The van der Waals surface area contributed by atoms with Gasteiger partial charge in [-0.3, -0.25) is 9.59 Å². The molecule has 1 aromatic carbocycles. The lowest BCUT2D eigenvalue weighted by Gasteiger charge is -2.33. The number of nitrogens with zero attached hydrogens (tertiary/aromatic N) is 1. The lowest BCUT2D eigenvalue weighted by molar-refractivity contribution is -0.128. The molecule has 5 nitrogen and oxygen atoms in total.